The Kier molecular flexibility index (Phi) is 7.44. The number of nitrogens with zero attached hydrogens (tertiary/aromatic N) is 3. The molecule has 1 saturated heterocycles. The summed E-state index contributed by atoms with van der Waals surface area (Å²) in [5, 5.41) is 0.648. The van der Waals surface area contributed by atoms with Gasteiger partial charge in [0.2, 0.25) is 5.91 Å². The largest absolute Gasteiger partial charge is 0.497 e. The number of fused-ring (bicyclic) bond motifs is 1. The number of H-pyrrole nitrogens is 1. The quantitative estimate of drug-likeness (QED) is 0.402. The molecule has 2 aromatic carbocycles. The normalized spacial score (nSPS) is 14.0. The Hall–Kier alpha value is -3.13. The van der Waals surface area contributed by atoms with Gasteiger partial charge in [0.05, 0.1) is 18.0 Å². The molecule has 1 aliphatic heterocycles. The number of methoxy groups -OCH3 is 1. The van der Waals surface area contributed by atoms with Gasteiger partial charge < -0.3 is 19.5 Å². The number of anilines is 1. The van der Waals surface area contributed by atoms with Crippen LogP contribution in [0.15, 0.2) is 53.3 Å². The Morgan fingerprint density at radius 3 is 2.61 bits per heavy atom. The Balaban J connectivity index is 1.21. The van der Waals surface area contributed by atoms with Crippen LogP contribution in [0.4, 0.5) is 5.69 Å². The van der Waals surface area contributed by atoms with Crippen LogP contribution in [0.5, 0.6) is 5.75 Å². The molecule has 1 aromatic heterocycles. The predicted octanol–water partition coefficient (Wildman–Crippen LogP) is 3.98. The van der Waals surface area contributed by atoms with Crippen molar-refractivity contribution < 1.29 is 9.53 Å². The van der Waals surface area contributed by atoms with E-state index < -0.39 is 0 Å². The number of unbranched alkanes of at least 4 members (excludes halogenated alkanes) is 2. The maximum Gasteiger partial charge on any atom is 0.262 e. The number of piperazine rings is 1. The summed E-state index contributed by atoms with van der Waals surface area (Å²) < 4.78 is 7.38. The summed E-state index contributed by atoms with van der Waals surface area (Å²) in [6, 6.07) is 15.4. The Morgan fingerprint density at radius 2 is 1.82 bits per heavy atom. The summed E-state index contributed by atoms with van der Waals surface area (Å²) in [5.41, 5.74) is 1.84. The zero-order valence-electron chi connectivity index (χ0n) is 19.0. The number of rotatable bonds is 8. The van der Waals surface area contributed by atoms with Crippen LogP contribution >= 0.6 is 12.2 Å². The van der Waals surface area contributed by atoms with E-state index in [1.165, 1.54) is 0 Å². The van der Waals surface area contributed by atoms with Crippen molar-refractivity contribution in [3.05, 3.63) is 63.7 Å². The van der Waals surface area contributed by atoms with E-state index in [4.69, 9.17) is 17.0 Å². The molecule has 1 aliphatic rings. The number of ether oxygens (including phenoxy) is 1. The fourth-order valence-electron chi connectivity index (χ4n) is 4.30. The van der Waals surface area contributed by atoms with Crippen molar-refractivity contribution in [1.82, 2.24) is 14.5 Å². The van der Waals surface area contributed by atoms with Gasteiger partial charge >= 0.3 is 0 Å². The van der Waals surface area contributed by atoms with Crippen molar-refractivity contribution in [2.24, 2.45) is 0 Å². The molecule has 0 aliphatic carbocycles. The van der Waals surface area contributed by atoms with Gasteiger partial charge in [0.25, 0.3) is 5.56 Å². The highest BCUT2D eigenvalue weighted by molar-refractivity contribution is 7.71. The van der Waals surface area contributed by atoms with Crippen LogP contribution in [-0.4, -0.2) is 53.6 Å². The summed E-state index contributed by atoms with van der Waals surface area (Å²) >= 11 is 5.37. The van der Waals surface area contributed by atoms with Gasteiger partial charge in [-0.15, -0.1) is 0 Å². The topological polar surface area (TPSA) is 70.6 Å². The fraction of sp³-hybridized carbons (Fsp3) is 0.400. The van der Waals surface area contributed by atoms with Crippen LogP contribution in [0.25, 0.3) is 10.9 Å². The zero-order valence-corrected chi connectivity index (χ0v) is 19.8. The first-order valence-corrected chi connectivity index (χ1v) is 11.9. The van der Waals surface area contributed by atoms with Crippen LogP contribution < -0.4 is 15.2 Å². The van der Waals surface area contributed by atoms with E-state index in [1.807, 2.05) is 47.4 Å². The molecule has 0 radical (unpaired) electrons. The number of para-hydroxylation sites is 1. The van der Waals surface area contributed by atoms with Gasteiger partial charge in [0.1, 0.15) is 5.75 Å². The first-order chi connectivity index (χ1) is 16.1. The minimum Gasteiger partial charge on any atom is -0.497 e. The lowest BCUT2D eigenvalue weighted by Crippen LogP contribution is -2.48. The molecule has 0 atom stereocenters. The minimum absolute atomic E-state index is 0.0562. The lowest BCUT2D eigenvalue weighted by atomic mass is 10.1. The lowest BCUT2D eigenvalue weighted by Gasteiger charge is -2.36. The average Bonchev–Trinajstić information content (AvgIpc) is 2.85. The summed E-state index contributed by atoms with van der Waals surface area (Å²) in [6.45, 7) is 3.67. The van der Waals surface area contributed by atoms with E-state index in [-0.39, 0.29) is 11.5 Å². The van der Waals surface area contributed by atoms with Crippen LogP contribution in [0.1, 0.15) is 25.7 Å². The van der Waals surface area contributed by atoms with E-state index in [2.05, 4.69) is 16.0 Å². The molecule has 4 rings (SSSR count). The van der Waals surface area contributed by atoms with Crippen molar-refractivity contribution >= 4 is 34.7 Å². The summed E-state index contributed by atoms with van der Waals surface area (Å²) in [5.74, 6) is 1.05. The molecule has 8 heteroatoms. The van der Waals surface area contributed by atoms with Crippen LogP contribution in [0.2, 0.25) is 0 Å². The predicted molar refractivity (Wildman–Crippen MR) is 134 cm³/mol. The molecule has 0 bridgehead atoms. The average molecular weight is 467 g/mol. The third-order valence-electron chi connectivity index (χ3n) is 6.21. The van der Waals surface area contributed by atoms with Gasteiger partial charge in [0.15, 0.2) is 4.77 Å². The molecular weight excluding hydrogens is 436 g/mol. The first kappa shape index (κ1) is 23.0. The molecule has 3 aromatic rings. The van der Waals surface area contributed by atoms with Crippen molar-refractivity contribution in [2.45, 2.75) is 32.2 Å². The lowest BCUT2D eigenvalue weighted by molar-refractivity contribution is -0.131. The number of aromatic nitrogens is 2. The van der Waals surface area contributed by atoms with E-state index >= 15 is 0 Å². The van der Waals surface area contributed by atoms with Crippen molar-refractivity contribution in [3.63, 3.8) is 0 Å². The van der Waals surface area contributed by atoms with Gasteiger partial charge in [-0.05, 0) is 49.3 Å². The summed E-state index contributed by atoms with van der Waals surface area (Å²) in [6.07, 6.45) is 3.04. The van der Waals surface area contributed by atoms with Crippen molar-refractivity contribution in [3.8, 4) is 5.75 Å². The number of nitrogens with one attached hydrogen (secondary N) is 1. The molecule has 0 unspecified atom stereocenters. The van der Waals surface area contributed by atoms with Gasteiger partial charge in [-0.3, -0.25) is 14.2 Å². The van der Waals surface area contributed by atoms with E-state index in [1.54, 1.807) is 11.7 Å². The standard InChI is InChI=1S/C25H30N4O3S/c1-32-20-9-7-8-19(18-20)27-14-16-28(17-15-27)23(30)12-3-2-6-13-29-24(31)21-10-4-5-11-22(21)26-25(29)33/h4-5,7-11,18H,2-3,6,12-17H2,1H3,(H,26,33). The van der Waals surface area contributed by atoms with Crippen LogP contribution in [-0.2, 0) is 11.3 Å². The molecular formula is C25H30N4O3S. The van der Waals surface area contributed by atoms with Gasteiger partial charge in [0, 0.05) is 50.9 Å². The summed E-state index contributed by atoms with van der Waals surface area (Å²) in [4.78, 5) is 32.7. The first-order valence-electron chi connectivity index (χ1n) is 11.5. The molecule has 1 fully saturated rings. The maximum absolute atomic E-state index is 12.7. The van der Waals surface area contributed by atoms with Crippen LogP contribution in [0, 0.1) is 4.77 Å². The highest BCUT2D eigenvalue weighted by Gasteiger charge is 2.21. The molecule has 0 spiro atoms. The minimum atomic E-state index is -0.0562. The number of benzene rings is 2. The number of amides is 1. The molecule has 2 heterocycles. The van der Waals surface area contributed by atoms with Crippen molar-refractivity contribution in [1.29, 1.82) is 0 Å². The number of carbonyl (C=O) groups excluding carboxylic acids is 1. The maximum atomic E-state index is 12.7. The van der Waals surface area contributed by atoms with Gasteiger partial charge in [-0.2, -0.15) is 0 Å². The third kappa shape index (κ3) is 5.45. The van der Waals surface area contributed by atoms with Gasteiger partial charge in [-0.25, -0.2) is 0 Å². The summed E-state index contributed by atoms with van der Waals surface area (Å²) in [7, 11) is 1.67. The van der Waals surface area contributed by atoms with Gasteiger partial charge in [-0.1, -0.05) is 24.6 Å². The Morgan fingerprint density at radius 1 is 1.03 bits per heavy atom. The highest BCUT2D eigenvalue weighted by atomic mass is 32.1. The molecule has 33 heavy (non-hydrogen) atoms. The molecule has 174 valence electrons. The number of aromatic amines is 1. The highest BCUT2D eigenvalue weighted by Crippen LogP contribution is 2.22. The second-order valence-corrected chi connectivity index (χ2v) is 8.70. The molecule has 1 amide bonds. The third-order valence-corrected chi connectivity index (χ3v) is 6.54. The second kappa shape index (κ2) is 10.7. The Bertz CT molecular complexity index is 1230. The van der Waals surface area contributed by atoms with E-state index in [9.17, 15) is 9.59 Å². The Labute approximate surface area is 198 Å². The molecule has 7 nitrogen and oxygen atoms in total. The number of hydrogen-bond acceptors (Lipinski definition) is 5. The van der Waals surface area contributed by atoms with E-state index in [0.717, 1.165) is 62.4 Å². The smallest absolute Gasteiger partial charge is 0.262 e. The molecule has 0 saturated carbocycles. The van der Waals surface area contributed by atoms with Crippen molar-refractivity contribution in [2.75, 3.05) is 38.2 Å². The monoisotopic (exact) mass is 466 g/mol. The SMILES string of the molecule is COc1cccc(N2CCN(C(=O)CCCCCn3c(=S)[nH]c4ccccc4c3=O)CC2)c1. The number of carbonyl (C=O) groups is 1. The van der Waals surface area contributed by atoms with E-state index in [0.29, 0.717) is 23.1 Å². The molecule has 1 N–H and O–H groups in total. The number of hydrogen-bond donors (Lipinski definition) is 1. The van der Waals surface area contributed by atoms with Crippen LogP contribution in [0.3, 0.4) is 0 Å². The fourth-order valence-corrected chi connectivity index (χ4v) is 4.59. The second-order valence-electron chi connectivity index (χ2n) is 8.31. The zero-order chi connectivity index (χ0) is 23.2.